The van der Waals surface area contributed by atoms with Crippen LogP contribution in [0.15, 0.2) is 53.4 Å². The zero-order chi connectivity index (χ0) is 20.4. The van der Waals surface area contributed by atoms with Crippen molar-refractivity contribution in [3.8, 4) is 0 Å². The summed E-state index contributed by atoms with van der Waals surface area (Å²) in [5.74, 6) is 0. The summed E-state index contributed by atoms with van der Waals surface area (Å²) in [6, 6.07) is 15.6. The molecule has 0 aliphatic rings. The van der Waals surface area contributed by atoms with E-state index in [9.17, 15) is 0 Å². The van der Waals surface area contributed by atoms with E-state index >= 15 is 0 Å². The topological polar surface area (TPSA) is 76.5 Å². The Hall–Kier alpha value is -1.89. The first-order valence-corrected chi connectivity index (χ1v) is 9.85. The molecule has 0 aliphatic heterocycles. The number of benzene rings is 2. The lowest BCUT2D eigenvalue weighted by atomic mass is 10.1. The highest BCUT2D eigenvalue weighted by Gasteiger charge is 2.18. The Morgan fingerprint density at radius 3 is 1.89 bits per heavy atom. The van der Waals surface area contributed by atoms with Gasteiger partial charge in [0, 0.05) is 41.6 Å². The van der Waals surface area contributed by atoms with E-state index in [1.54, 1.807) is 11.9 Å². The molecule has 0 saturated carbocycles. The molecule has 0 radical (unpaired) electrons. The third-order valence-corrected chi connectivity index (χ3v) is 4.67. The first-order chi connectivity index (χ1) is 12.6. The van der Waals surface area contributed by atoms with Crippen LogP contribution in [-0.4, -0.2) is 32.3 Å². The normalized spacial score (nSPS) is 11.1. The van der Waals surface area contributed by atoms with Crippen LogP contribution < -0.4 is 21.1 Å². The molecule has 27 heavy (non-hydrogen) atoms. The van der Waals surface area contributed by atoms with Gasteiger partial charge in [-0.2, -0.15) is 0 Å². The quantitative estimate of drug-likeness (QED) is 0.480. The average Bonchev–Trinajstić information content (AvgIpc) is 2.61. The minimum atomic E-state index is -0.0592. The molecule has 5 N–H and O–H groups in total. The first kappa shape index (κ1) is 23.1. The number of anilines is 3. The molecule has 0 bridgehead atoms. The predicted molar refractivity (Wildman–Crippen MR) is 120 cm³/mol. The molecule has 2 rings (SSSR count). The summed E-state index contributed by atoms with van der Waals surface area (Å²) >= 11 is 1.60. The first-order valence-electron chi connectivity index (χ1n) is 9.03. The van der Waals surface area contributed by atoms with Crippen molar-refractivity contribution in [2.24, 2.45) is 0 Å². The van der Waals surface area contributed by atoms with Crippen LogP contribution in [-0.2, 0) is 4.74 Å². The van der Waals surface area contributed by atoms with E-state index < -0.39 is 0 Å². The maximum atomic E-state index is 5.64. The van der Waals surface area contributed by atoms with Crippen molar-refractivity contribution in [3.63, 3.8) is 0 Å². The van der Waals surface area contributed by atoms with Gasteiger partial charge in [0.05, 0.1) is 12.7 Å². The van der Waals surface area contributed by atoms with Gasteiger partial charge in [-0.15, -0.1) is 0 Å². The van der Waals surface area contributed by atoms with Crippen LogP contribution in [0, 0.1) is 0 Å². The van der Waals surface area contributed by atoms with Gasteiger partial charge in [0.25, 0.3) is 0 Å². The molecule has 0 aromatic heterocycles. The minimum absolute atomic E-state index is 0.0592. The van der Waals surface area contributed by atoms with Crippen molar-refractivity contribution in [1.29, 1.82) is 0 Å². The van der Waals surface area contributed by atoms with Crippen molar-refractivity contribution in [2.75, 3.05) is 37.1 Å². The molecular formula is C21H34N4OS. The number of nitrogen functional groups attached to an aromatic ring is 2. The fraction of sp³-hybridized carbons (Fsp3) is 0.429. The largest absolute Gasteiger partial charge is 0.399 e. The third kappa shape index (κ3) is 10.1. The van der Waals surface area contributed by atoms with E-state index in [0.29, 0.717) is 6.61 Å². The van der Waals surface area contributed by atoms with Crippen LogP contribution in [0.4, 0.5) is 17.1 Å². The van der Waals surface area contributed by atoms with Gasteiger partial charge in [-0.1, -0.05) is 0 Å². The van der Waals surface area contributed by atoms with E-state index in [0.717, 1.165) is 16.3 Å². The monoisotopic (exact) mass is 390 g/mol. The highest BCUT2D eigenvalue weighted by Crippen LogP contribution is 2.20. The van der Waals surface area contributed by atoms with E-state index in [1.807, 2.05) is 81.4 Å². The lowest BCUT2D eigenvalue weighted by Crippen LogP contribution is -2.40. The summed E-state index contributed by atoms with van der Waals surface area (Å²) in [6.07, 6.45) is 0.262. The van der Waals surface area contributed by atoms with Gasteiger partial charge in [0.2, 0.25) is 0 Å². The van der Waals surface area contributed by atoms with Crippen LogP contribution in [0.2, 0.25) is 0 Å². The summed E-state index contributed by atoms with van der Waals surface area (Å²) in [7, 11) is 4.01. The number of hydrogen-bond acceptors (Lipinski definition) is 6. The second kappa shape index (κ2) is 11.1. The molecule has 0 saturated heterocycles. The number of nitrogens with two attached hydrogens (primary N) is 2. The van der Waals surface area contributed by atoms with Gasteiger partial charge in [0.1, 0.15) is 0 Å². The number of ether oxygens (including phenoxy) is 1. The molecule has 0 spiro atoms. The summed E-state index contributed by atoms with van der Waals surface area (Å²) in [5, 5.41) is 0. The van der Waals surface area contributed by atoms with E-state index in [1.165, 1.54) is 5.69 Å². The lowest BCUT2D eigenvalue weighted by molar-refractivity contribution is 0.0459. The molecule has 2 aromatic rings. The summed E-state index contributed by atoms with van der Waals surface area (Å²) in [5.41, 5.74) is 13.9. The van der Waals surface area contributed by atoms with E-state index in [2.05, 4.69) is 18.6 Å². The standard InChI is InChI=1S/C13H22N2OS.C8H12N2/c1-10(2)16-9-13(3,4)15-17-12-7-5-11(14)6-8-12;1-10(2)8-5-3-7(9)4-6-8/h5-8,10,15H,9,14H2,1-4H3;3-6H,9H2,1-2H3. The van der Waals surface area contributed by atoms with Crippen LogP contribution in [0.1, 0.15) is 27.7 Å². The van der Waals surface area contributed by atoms with Gasteiger partial charge < -0.3 is 21.1 Å². The van der Waals surface area contributed by atoms with Gasteiger partial charge in [-0.25, -0.2) is 0 Å². The van der Waals surface area contributed by atoms with E-state index in [4.69, 9.17) is 16.2 Å². The van der Waals surface area contributed by atoms with Crippen molar-refractivity contribution in [1.82, 2.24) is 4.72 Å². The zero-order valence-corrected chi connectivity index (χ0v) is 18.1. The molecule has 5 nitrogen and oxygen atoms in total. The molecule has 0 amide bonds. The number of nitrogens with one attached hydrogen (secondary N) is 1. The Balaban J connectivity index is 0.000000309. The highest BCUT2D eigenvalue weighted by atomic mass is 32.2. The minimum Gasteiger partial charge on any atom is -0.399 e. The van der Waals surface area contributed by atoms with Crippen LogP contribution in [0.3, 0.4) is 0 Å². The molecule has 6 heteroatoms. The fourth-order valence-corrected chi connectivity index (χ4v) is 2.64. The SMILES string of the molecule is CC(C)OCC(C)(C)NSc1ccc(N)cc1.CN(C)c1ccc(N)cc1. The molecule has 0 atom stereocenters. The molecule has 0 fully saturated rings. The molecule has 2 aromatic carbocycles. The van der Waals surface area contributed by atoms with E-state index in [-0.39, 0.29) is 11.6 Å². The second-order valence-corrected chi connectivity index (χ2v) is 8.38. The molecule has 0 heterocycles. The Bertz CT molecular complexity index is 655. The predicted octanol–water partition coefficient (Wildman–Crippen LogP) is 4.40. The third-order valence-electron chi connectivity index (χ3n) is 3.51. The Morgan fingerprint density at radius 2 is 1.44 bits per heavy atom. The van der Waals surface area contributed by atoms with Crippen LogP contribution in [0.5, 0.6) is 0 Å². The molecule has 0 aliphatic carbocycles. The summed E-state index contributed by atoms with van der Waals surface area (Å²) in [6.45, 7) is 9.03. The van der Waals surface area contributed by atoms with Crippen molar-refractivity contribution in [2.45, 2.75) is 44.2 Å². The Morgan fingerprint density at radius 1 is 0.963 bits per heavy atom. The van der Waals surface area contributed by atoms with Crippen molar-refractivity contribution in [3.05, 3.63) is 48.5 Å². The fourth-order valence-electron chi connectivity index (χ4n) is 1.91. The maximum absolute atomic E-state index is 5.64. The van der Waals surface area contributed by atoms with Gasteiger partial charge >= 0.3 is 0 Å². The van der Waals surface area contributed by atoms with Crippen LogP contribution in [0.25, 0.3) is 0 Å². The van der Waals surface area contributed by atoms with Crippen molar-refractivity contribution >= 4 is 29.0 Å². The lowest BCUT2D eigenvalue weighted by Gasteiger charge is -2.26. The number of nitrogens with zero attached hydrogens (tertiary/aromatic N) is 1. The molecule has 0 unspecified atom stereocenters. The number of hydrogen-bond donors (Lipinski definition) is 3. The van der Waals surface area contributed by atoms with Gasteiger partial charge in [0.15, 0.2) is 0 Å². The van der Waals surface area contributed by atoms with Gasteiger partial charge in [-0.3, -0.25) is 4.72 Å². The molecule has 150 valence electrons. The summed E-state index contributed by atoms with van der Waals surface area (Å²) in [4.78, 5) is 3.19. The van der Waals surface area contributed by atoms with Gasteiger partial charge in [-0.05, 0) is 88.2 Å². The average molecular weight is 391 g/mol. The van der Waals surface area contributed by atoms with Crippen molar-refractivity contribution < 1.29 is 4.74 Å². The summed E-state index contributed by atoms with van der Waals surface area (Å²) < 4.78 is 9.02. The number of rotatable bonds is 7. The Labute approximate surface area is 168 Å². The van der Waals surface area contributed by atoms with Crippen LogP contribution >= 0.6 is 11.9 Å². The zero-order valence-electron chi connectivity index (χ0n) is 17.3. The molecular weight excluding hydrogens is 356 g/mol. The Kier molecular flexibility index (Phi) is 9.49. The second-order valence-electron chi connectivity index (χ2n) is 7.50. The maximum Gasteiger partial charge on any atom is 0.0654 e. The highest BCUT2D eigenvalue weighted by molar-refractivity contribution is 7.97. The smallest absolute Gasteiger partial charge is 0.0654 e.